The van der Waals surface area contributed by atoms with Gasteiger partial charge in [-0.1, -0.05) is 135 Å². The fourth-order valence-corrected chi connectivity index (χ4v) is 7.79. The van der Waals surface area contributed by atoms with Crippen LogP contribution in [0.2, 0.25) is 0 Å². The van der Waals surface area contributed by atoms with Crippen molar-refractivity contribution in [3.63, 3.8) is 0 Å². The van der Waals surface area contributed by atoms with Gasteiger partial charge in [-0.25, -0.2) is 0 Å². The minimum atomic E-state index is -0.145. The highest BCUT2D eigenvalue weighted by Gasteiger charge is 2.38. The van der Waals surface area contributed by atoms with Crippen LogP contribution in [0.15, 0.2) is 140 Å². The molecule has 212 valence electrons. The standard InChI is InChI=1S/C41H33N3/c1-41(2)32-17-9-6-14-29(32)37-33(41)24-25-36-38(37)31-16-8-11-19-35(31)44(36)40-42-34-18-10-7-15-30(34)39(43-40)28-22-20-27(21-23-28)26-12-4-3-5-13-26/h3-25,39-40,42-43H,1-2H3. The molecule has 2 N–H and O–H groups in total. The summed E-state index contributed by atoms with van der Waals surface area (Å²) in [5, 5.41) is 10.5. The molecular weight excluding hydrogens is 534 g/mol. The molecule has 2 aliphatic rings. The number of nitrogens with zero attached hydrogens (tertiary/aromatic N) is 1. The lowest BCUT2D eigenvalue weighted by Gasteiger charge is -2.36. The van der Waals surface area contributed by atoms with Crippen LogP contribution in [0.4, 0.5) is 5.69 Å². The quantitative estimate of drug-likeness (QED) is 0.222. The summed E-state index contributed by atoms with van der Waals surface area (Å²) in [5.41, 5.74) is 14.1. The summed E-state index contributed by atoms with van der Waals surface area (Å²) < 4.78 is 2.47. The minimum absolute atomic E-state index is 0.0348. The van der Waals surface area contributed by atoms with Crippen molar-refractivity contribution in [3.8, 4) is 22.3 Å². The highest BCUT2D eigenvalue weighted by atomic mass is 15.3. The van der Waals surface area contributed by atoms with Crippen molar-refractivity contribution in [2.24, 2.45) is 0 Å². The molecule has 2 atom stereocenters. The monoisotopic (exact) mass is 567 g/mol. The fraction of sp³-hybridized carbons (Fsp3) is 0.122. The van der Waals surface area contributed by atoms with Crippen LogP contribution in [-0.4, -0.2) is 4.57 Å². The fourth-order valence-electron chi connectivity index (χ4n) is 7.79. The zero-order valence-corrected chi connectivity index (χ0v) is 24.9. The molecule has 0 saturated carbocycles. The Bertz CT molecular complexity index is 2210. The molecule has 7 aromatic rings. The van der Waals surface area contributed by atoms with Gasteiger partial charge < -0.3 is 9.88 Å². The van der Waals surface area contributed by atoms with Crippen LogP contribution < -0.4 is 10.6 Å². The number of para-hydroxylation sites is 2. The van der Waals surface area contributed by atoms with Crippen LogP contribution in [-0.2, 0) is 5.41 Å². The first kappa shape index (κ1) is 25.4. The Labute approximate surface area is 257 Å². The van der Waals surface area contributed by atoms with E-state index in [1.54, 1.807) is 0 Å². The molecule has 2 heterocycles. The zero-order chi connectivity index (χ0) is 29.4. The Kier molecular flexibility index (Phi) is 5.45. The predicted octanol–water partition coefficient (Wildman–Crippen LogP) is 10.0. The molecular formula is C41H33N3. The first-order valence-electron chi connectivity index (χ1n) is 15.5. The summed E-state index contributed by atoms with van der Waals surface area (Å²) in [6.45, 7) is 4.72. The lowest BCUT2D eigenvalue weighted by molar-refractivity contribution is 0.417. The second-order valence-corrected chi connectivity index (χ2v) is 12.7. The van der Waals surface area contributed by atoms with E-state index in [4.69, 9.17) is 0 Å². The molecule has 0 bridgehead atoms. The molecule has 6 aromatic carbocycles. The number of hydrogen-bond donors (Lipinski definition) is 2. The molecule has 0 spiro atoms. The average molecular weight is 568 g/mol. The predicted molar refractivity (Wildman–Crippen MR) is 183 cm³/mol. The summed E-state index contributed by atoms with van der Waals surface area (Å²) in [7, 11) is 0. The maximum Gasteiger partial charge on any atom is 0.160 e. The van der Waals surface area contributed by atoms with Crippen LogP contribution in [0, 0.1) is 0 Å². The van der Waals surface area contributed by atoms with Crippen molar-refractivity contribution in [1.29, 1.82) is 0 Å². The molecule has 0 saturated heterocycles. The molecule has 1 aliphatic carbocycles. The average Bonchev–Trinajstić information content (AvgIpc) is 3.53. The third-order valence-electron chi connectivity index (χ3n) is 9.92. The molecule has 1 aromatic heterocycles. The Morgan fingerprint density at radius 3 is 2.16 bits per heavy atom. The second-order valence-electron chi connectivity index (χ2n) is 12.7. The molecule has 44 heavy (non-hydrogen) atoms. The highest BCUT2D eigenvalue weighted by Crippen LogP contribution is 2.53. The van der Waals surface area contributed by atoms with Crippen molar-refractivity contribution in [3.05, 3.63) is 162 Å². The largest absolute Gasteiger partial charge is 0.352 e. The van der Waals surface area contributed by atoms with Crippen LogP contribution >= 0.6 is 0 Å². The summed E-state index contributed by atoms with van der Waals surface area (Å²) in [5.74, 6) is 0. The smallest absolute Gasteiger partial charge is 0.160 e. The molecule has 9 rings (SSSR count). The summed E-state index contributed by atoms with van der Waals surface area (Å²) in [6.07, 6.45) is -0.145. The van der Waals surface area contributed by atoms with E-state index in [1.165, 1.54) is 66.3 Å². The highest BCUT2D eigenvalue weighted by molar-refractivity contribution is 6.17. The van der Waals surface area contributed by atoms with Gasteiger partial charge in [0, 0.05) is 21.9 Å². The van der Waals surface area contributed by atoms with E-state index in [0.717, 1.165) is 5.69 Å². The van der Waals surface area contributed by atoms with Crippen LogP contribution in [0.25, 0.3) is 44.1 Å². The molecule has 1 aliphatic heterocycles. The lowest BCUT2D eigenvalue weighted by atomic mass is 9.82. The normalized spacial score (nSPS) is 18.0. The first-order valence-corrected chi connectivity index (χ1v) is 15.5. The number of benzene rings is 6. The van der Waals surface area contributed by atoms with E-state index in [0.29, 0.717) is 0 Å². The molecule has 2 unspecified atom stereocenters. The van der Waals surface area contributed by atoms with E-state index in [2.05, 4.69) is 169 Å². The van der Waals surface area contributed by atoms with Gasteiger partial charge in [0.15, 0.2) is 6.29 Å². The number of rotatable bonds is 3. The van der Waals surface area contributed by atoms with Crippen molar-refractivity contribution < 1.29 is 0 Å². The van der Waals surface area contributed by atoms with Crippen LogP contribution in [0.1, 0.15) is 48.4 Å². The van der Waals surface area contributed by atoms with Crippen molar-refractivity contribution in [2.45, 2.75) is 31.6 Å². The van der Waals surface area contributed by atoms with Gasteiger partial charge in [0.2, 0.25) is 0 Å². The minimum Gasteiger partial charge on any atom is -0.352 e. The number of aromatic nitrogens is 1. The Balaban J connectivity index is 1.22. The van der Waals surface area contributed by atoms with E-state index in [9.17, 15) is 0 Å². The third-order valence-corrected chi connectivity index (χ3v) is 9.92. The molecule has 3 nitrogen and oxygen atoms in total. The second kappa shape index (κ2) is 9.44. The summed E-state index contributed by atoms with van der Waals surface area (Å²) >= 11 is 0. The third kappa shape index (κ3) is 3.60. The van der Waals surface area contributed by atoms with E-state index in [-0.39, 0.29) is 17.7 Å². The van der Waals surface area contributed by atoms with Gasteiger partial charge in [0.05, 0.1) is 17.1 Å². The molecule has 0 fully saturated rings. The van der Waals surface area contributed by atoms with Gasteiger partial charge in [0.25, 0.3) is 0 Å². The Hall–Kier alpha value is -5.12. The van der Waals surface area contributed by atoms with Crippen molar-refractivity contribution >= 4 is 27.5 Å². The Morgan fingerprint density at radius 2 is 1.30 bits per heavy atom. The topological polar surface area (TPSA) is 29.0 Å². The Morgan fingerprint density at radius 1 is 0.591 bits per heavy atom. The van der Waals surface area contributed by atoms with Gasteiger partial charge in [-0.15, -0.1) is 0 Å². The summed E-state index contributed by atoms with van der Waals surface area (Å²) in [6, 6.07) is 50.9. The van der Waals surface area contributed by atoms with Crippen LogP contribution in [0.3, 0.4) is 0 Å². The SMILES string of the molecule is CC1(C)c2ccccc2-c2c1ccc1c2c2ccccc2n1C1Nc2ccccc2C(c2ccc(-c3ccccc3)cc2)N1. The molecule has 3 heteroatoms. The van der Waals surface area contributed by atoms with Gasteiger partial charge in [-0.05, 0) is 62.7 Å². The van der Waals surface area contributed by atoms with E-state index >= 15 is 0 Å². The van der Waals surface area contributed by atoms with Gasteiger partial charge in [-0.2, -0.15) is 0 Å². The number of anilines is 1. The van der Waals surface area contributed by atoms with Crippen LogP contribution in [0.5, 0.6) is 0 Å². The number of nitrogens with one attached hydrogen (secondary N) is 2. The van der Waals surface area contributed by atoms with E-state index < -0.39 is 0 Å². The molecule has 0 radical (unpaired) electrons. The zero-order valence-electron chi connectivity index (χ0n) is 24.9. The number of hydrogen-bond acceptors (Lipinski definition) is 2. The summed E-state index contributed by atoms with van der Waals surface area (Å²) in [4.78, 5) is 0. The van der Waals surface area contributed by atoms with Gasteiger partial charge >= 0.3 is 0 Å². The lowest BCUT2D eigenvalue weighted by Crippen LogP contribution is -2.40. The first-order chi connectivity index (χ1) is 21.6. The maximum atomic E-state index is 4.03. The van der Waals surface area contributed by atoms with Gasteiger partial charge in [0.1, 0.15) is 0 Å². The van der Waals surface area contributed by atoms with E-state index in [1.807, 2.05) is 0 Å². The van der Waals surface area contributed by atoms with Gasteiger partial charge in [-0.3, -0.25) is 5.32 Å². The molecule has 0 amide bonds. The number of fused-ring (bicyclic) bond motifs is 8. The maximum absolute atomic E-state index is 4.03. The van der Waals surface area contributed by atoms with Crippen molar-refractivity contribution in [2.75, 3.05) is 5.32 Å². The van der Waals surface area contributed by atoms with Crippen molar-refractivity contribution in [1.82, 2.24) is 9.88 Å².